The van der Waals surface area contributed by atoms with Crippen LogP contribution in [-0.4, -0.2) is 40.2 Å². The molecule has 0 unspecified atom stereocenters. The minimum absolute atomic E-state index is 0.0660. The molecule has 35 heavy (non-hydrogen) atoms. The number of aromatic nitrogens is 3. The van der Waals surface area contributed by atoms with Crippen LogP contribution < -0.4 is 10.2 Å². The van der Waals surface area contributed by atoms with Gasteiger partial charge in [-0.25, -0.2) is 14.4 Å². The van der Waals surface area contributed by atoms with Crippen LogP contribution in [0.3, 0.4) is 0 Å². The number of piperidine rings is 1. The van der Waals surface area contributed by atoms with Crippen molar-refractivity contribution in [1.82, 2.24) is 20.3 Å². The number of carbonyl (C=O) groups is 1. The van der Waals surface area contributed by atoms with E-state index in [4.69, 9.17) is 0 Å². The number of carbonyl (C=O) groups excluding carboxylic acids is 1. The van der Waals surface area contributed by atoms with Crippen molar-refractivity contribution in [3.63, 3.8) is 0 Å². The van der Waals surface area contributed by atoms with E-state index < -0.39 is 0 Å². The van der Waals surface area contributed by atoms with Gasteiger partial charge in [0.15, 0.2) is 5.82 Å². The van der Waals surface area contributed by atoms with Gasteiger partial charge in [-0.1, -0.05) is 24.3 Å². The fraction of sp³-hybridized carbons (Fsp3) is 0.296. The second kappa shape index (κ2) is 10.1. The molecule has 2 N–H and O–H groups in total. The Kier molecular flexibility index (Phi) is 6.72. The fourth-order valence-corrected chi connectivity index (χ4v) is 4.95. The molecule has 2 aromatic heterocycles. The zero-order valence-corrected chi connectivity index (χ0v) is 20.7. The Hall–Kier alpha value is -3.39. The summed E-state index contributed by atoms with van der Waals surface area (Å²) in [6, 6.07) is 15.4. The Morgan fingerprint density at radius 1 is 1.20 bits per heavy atom. The van der Waals surface area contributed by atoms with Crippen molar-refractivity contribution in [1.29, 1.82) is 0 Å². The first kappa shape index (κ1) is 23.4. The minimum atomic E-state index is -0.238. The number of thioether (sulfide) groups is 1. The largest absolute Gasteiger partial charge is 0.354 e. The van der Waals surface area contributed by atoms with Crippen LogP contribution in [0.4, 0.5) is 10.2 Å². The van der Waals surface area contributed by atoms with Gasteiger partial charge in [-0.15, -0.1) is 11.8 Å². The maximum atomic E-state index is 14.1. The lowest BCUT2D eigenvalue weighted by Crippen LogP contribution is -2.43. The lowest BCUT2D eigenvalue weighted by atomic mass is 9.97. The summed E-state index contributed by atoms with van der Waals surface area (Å²) in [5.41, 5.74) is 4.83. The number of benzene rings is 2. The molecule has 0 bridgehead atoms. The molecule has 6 nitrogen and oxygen atoms in total. The first-order valence-corrected chi connectivity index (χ1v) is 13.0. The Bertz CT molecular complexity index is 1350. The molecule has 1 aliphatic rings. The number of H-pyrrole nitrogens is 1. The van der Waals surface area contributed by atoms with E-state index in [1.165, 1.54) is 11.0 Å². The van der Waals surface area contributed by atoms with Crippen LogP contribution in [0.5, 0.6) is 0 Å². The van der Waals surface area contributed by atoms with Crippen LogP contribution in [-0.2, 0) is 11.3 Å². The number of aromatic amines is 1. The van der Waals surface area contributed by atoms with Crippen molar-refractivity contribution in [2.24, 2.45) is 5.92 Å². The van der Waals surface area contributed by atoms with E-state index in [9.17, 15) is 9.18 Å². The zero-order valence-electron chi connectivity index (χ0n) is 19.8. The van der Waals surface area contributed by atoms with Gasteiger partial charge in [0, 0.05) is 35.8 Å². The molecule has 0 radical (unpaired) electrons. The third-order valence-electron chi connectivity index (χ3n) is 6.60. The molecule has 5 rings (SSSR count). The predicted molar refractivity (Wildman–Crippen MR) is 139 cm³/mol. The Labute approximate surface area is 208 Å². The van der Waals surface area contributed by atoms with Crippen molar-refractivity contribution in [3.05, 3.63) is 71.8 Å². The number of aryl methyl sites for hydroxylation is 1. The number of hydrogen-bond donors (Lipinski definition) is 2. The number of hydrogen-bond acceptors (Lipinski definition) is 5. The fourth-order valence-electron chi connectivity index (χ4n) is 4.54. The minimum Gasteiger partial charge on any atom is -0.354 e. The first-order valence-electron chi connectivity index (χ1n) is 11.8. The normalized spacial score (nSPS) is 16.0. The average molecular weight is 490 g/mol. The third-order valence-corrected chi connectivity index (χ3v) is 7.34. The molecule has 1 fully saturated rings. The Morgan fingerprint density at radius 3 is 2.80 bits per heavy atom. The highest BCUT2D eigenvalue weighted by Gasteiger charge is 2.28. The predicted octanol–water partition coefficient (Wildman–Crippen LogP) is 5.33. The van der Waals surface area contributed by atoms with Crippen molar-refractivity contribution in [3.8, 4) is 11.3 Å². The van der Waals surface area contributed by atoms with E-state index >= 15 is 0 Å². The number of fused-ring (bicyclic) bond motifs is 1. The van der Waals surface area contributed by atoms with Gasteiger partial charge < -0.3 is 15.2 Å². The van der Waals surface area contributed by atoms with Crippen LogP contribution in [0.25, 0.3) is 22.3 Å². The number of rotatable bonds is 6. The molecule has 1 aliphatic heterocycles. The molecule has 1 amide bonds. The lowest BCUT2D eigenvalue weighted by molar-refractivity contribution is -0.125. The van der Waals surface area contributed by atoms with Crippen LogP contribution in [0.1, 0.15) is 24.0 Å². The van der Waals surface area contributed by atoms with Crippen LogP contribution in [0.15, 0.2) is 59.8 Å². The van der Waals surface area contributed by atoms with E-state index in [0.29, 0.717) is 18.7 Å². The van der Waals surface area contributed by atoms with Gasteiger partial charge in [0.25, 0.3) is 0 Å². The Balaban J connectivity index is 1.31. The average Bonchev–Trinajstić information content (AvgIpc) is 3.34. The summed E-state index contributed by atoms with van der Waals surface area (Å²) < 4.78 is 14.1. The highest BCUT2D eigenvalue weighted by Crippen LogP contribution is 2.31. The topological polar surface area (TPSA) is 73.9 Å². The third kappa shape index (κ3) is 5.03. The molecule has 0 aliphatic carbocycles. The molecule has 0 saturated carbocycles. The molecular formula is C27H28FN5OS. The monoisotopic (exact) mass is 489 g/mol. The second-order valence-corrected chi connectivity index (χ2v) is 9.84. The van der Waals surface area contributed by atoms with Gasteiger partial charge in [-0.05, 0) is 61.4 Å². The van der Waals surface area contributed by atoms with Gasteiger partial charge in [0.1, 0.15) is 17.7 Å². The molecule has 4 aromatic rings. The second-order valence-electron chi connectivity index (χ2n) is 8.96. The number of halogens is 1. The zero-order chi connectivity index (χ0) is 24.4. The number of anilines is 1. The quantitative estimate of drug-likeness (QED) is 0.358. The number of amides is 1. The summed E-state index contributed by atoms with van der Waals surface area (Å²) in [6.07, 6.45) is 5.35. The molecule has 180 valence electrons. The highest BCUT2D eigenvalue weighted by atomic mass is 32.2. The van der Waals surface area contributed by atoms with Gasteiger partial charge in [-0.2, -0.15) is 0 Å². The molecule has 2 aromatic carbocycles. The molecule has 0 spiro atoms. The van der Waals surface area contributed by atoms with Crippen molar-refractivity contribution < 1.29 is 9.18 Å². The van der Waals surface area contributed by atoms with Gasteiger partial charge >= 0.3 is 0 Å². The lowest BCUT2D eigenvalue weighted by Gasteiger charge is -2.33. The van der Waals surface area contributed by atoms with Crippen LogP contribution in [0, 0.1) is 18.7 Å². The summed E-state index contributed by atoms with van der Waals surface area (Å²) in [5.74, 6) is 0.493. The molecule has 1 atom stereocenters. The summed E-state index contributed by atoms with van der Waals surface area (Å²) in [7, 11) is 0. The SMILES string of the molecule is CSc1ccc(CNC(=O)[C@H]2CCCN(c3ncnc4cc(-c5ccc(C)c(F)c5)[nH]c34)C2)cc1. The maximum absolute atomic E-state index is 14.1. The van der Waals surface area contributed by atoms with E-state index in [2.05, 4.69) is 49.4 Å². The standard InChI is InChI=1S/C27H28FN5OS/c1-17-5-8-19(12-22(17)28)23-13-24-25(32-23)26(31-16-30-24)33-11-3-4-20(15-33)27(34)29-14-18-6-9-21(35-2)10-7-18/h5-10,12-13,16,20,32H,3-4,11,14-15H2,1-2H3,(H,29,34)/t20-/m0/s1. The van der Waals surface area contributed by atoms with Crippen molar-refractivity contribution >= 4 is 34.5 Å². The van der Waals surface area contributed by atoms with Crippen molar-refractivity contribution in [2.75, 3.05) is 24.2 Å². The number of nitrogens with one attached hydrogen (secondary N) is 2. The molecule has 3 heterocycles. The summed E-state index contributed by atoms with van der Waals surface area (Å²) in [5, 5.41) is 3.10. The maximum Gasteiger partial charge on any atom is 0.225 e. The van der Waals surface area contributed by atoms with Gasteiger partial charge in [0.2, 0.25) is 5.91 Å². The molecule has 8 heteroatoms. The van der Waals surface area contributed by atoms with Crippen LogP contribution >= 0.6 is 11.8 Å². The van der Waals surface area contributed by atoms with Crippen molar-refractivity contribution in [2.45, 2.75) is 31.2 Å². The molecular weight excluding hydrogens is 461 g/mol. The van der Waals surface area contributed by atoms with E-state index in [-0.39, 0.29) is 17.6 Å². The molecule has 1 saturated heterocycles. The summed E-state index contributed by atoms with van der Waals surface area (Å²) in [4.78, 5) is 28.7. The number of nitrogens with zero attached hydrogens (tertiary/aromatic N) is 3. The summed E-state index contributed by atoms with van der Waals surface area (Å²) >= 11 is 1.70. The first-order chi connectivity index (χ1) is 17.0. The van der Waals surface area contributed by atoms with E-state index in [1.807, 2.05) is 18.4 Å². The highest BCUT2D eigenvalue weighted by molar-refractivity contribution is 7.98. The van der Waals surface area contributed by atoms with E-state index in [1.54, 1.807) is 31.1 Å². The Morgan fingerprint density at radius 2 is 2.03 bits per heavy atom. The van der Waals surface area contributed by atoms with E-state index in [0.717, 1.165) is 53.1 Å². The summed E-state index contributed by atoms with van der Waals surface area (Å²) in [6.45, 7) is 3.68. The van der Waals surface area contributed by atoms with Gasteiger partial charge in [-0.3, -0.25) is 4.79 Å². The van der Waals surface area contributed by atoms with Crippen LogP contribution in [0.2, 0.25) is 0 Å². The smallest absolute Gasteiger partial charge is 0.225 e. The van der Waals surface area contributed by atoms with Gasteiger partial charge in [0.05, 0.1) is 11.4 Å².